The van der Waals surface area contributed by atoms with Crippen LogP contribution in [0, 0.1) is 13.8 Å². The Bertz CT molecular complexity index is 701. The van der Waals surface area contributed by atoms with Crippen molar-refractivity contribution in [2.45, 2.75) is 20.8 Å². The highest BCUT2D eigenvalue weighted by atomic mass is 16.5. The second kappa shape index (κ2) is 9.69. The largest absolute Gasteiger partial charge is 0.491 e. The van der Waals surface area contributed by atoms with Gasteiger partial charge in [-0.3, -0.25) is 4.79 Å². The predicted molar refractivity (Wildman–Crippen MR) is 101 cm³/mol. The Labute approximate surface area is 149 Å². The number of benzene rings is 2. The standard InChI is InChI=1S/C20H26N2O3/c1-4-24-10-11-25-18-7-5-6-17(13-18)22-20(23)14-21-19-9-8-15(2)12-16(19)3/h5-9,12-13,21H,4,10-11,14H2,1-3H3,(H,22,23). The molecule has 0 saturated carbocycles. The van der Waals surface area contributed by atoms with Gasteiger partial charge in [0.05, 0.1) is 13.2 Å². The topological polar surface area (TPSA) is 59.6 Å². The van der Waals surface area contributed by atoms with E-state index in [0.717, 1.165) is 11.3 Å². The Morgan fingerprint density at radius 1 is 1.08 bits per heavy atom. The third-order valence-electron chi connectivity index (χ3n) is 3.64. The van der Waals surface area contributed by atoms with E-state index in [1.165, 1.54) is 5.56 Å². The summed E-state index contributed by atoms with van der Waals surface area (Å²) in [5.41, 5.74) is 4.00. The fourth-order valence-corrected chi connectivity index (χ4v) is 2.42. The third-order valence-corrected chi connectivity index (χ3v) is 3.64. The summed E-state index contributed by atoms with van der Waals surface area (Å²) in [6.07, 6.45) is 0. The van der Waals surface area contributed by atoms with Crippen LogP contribution in [0.15, 0.2) is 42.5 Å². The molecule has 5 heteroatoms. The number of hydrogen-bond acceptors (Lipinski definition) is 4. The van der Waals surface area contributed by atoms with Crippen molar-refractivity contribution in [3.8, 4) is 5.75 Å². The SMILES string of the molecule is CCOCCOc1cccc(NC(=O)CNc2ccc(C)cc2C)c1. The molecule has 0 fully saturated rings. The summed E-state index contributed by atoms with van der Waals surface area (Å²) < 4.78 is 10.8. The Morgan fingerprint density at radius 3 is 2.68 bits per heavy atom. The molecule has 2 N–H and O–H groups in total. The predicted octanol–water partition coefficient (Wildman–Crippen LogP) is 3.77. The number of hydrogen-bond donors (Lipinski definition) is 2. The molecule has 25 heavy (non-hydrogen) atoms. The second-order valence-corrected chi connectivity index (χ2v) is 5.79. The normalized spacial score (nSPS) is 10.4. The zero-order chi connectivity index (χ0) is 18.1. The van der Waals surface area contributed by atoms with E-state index < -0.39 is 0 Å². The molecule has 1 amide bonds. The Kier molecular flexibility index (Phi) is 7.29. The molecule has 2 aromatic carbocycles. The number of anilines is 2. The van der Waals surface area contributed by atoms with E-state index in [1.54, 1.807) is 6.07 Å². The van der Waals surface area contributed by atoms with Gasteiger partial charge in [0.15, 0.2) is 0 Å². The van der Waals surface area contributed by atoms with Gasteiger partial charge >= 0.3 is 0 Å². The fourth-order valence-electron chi connectivity index (χ4n) is 2.42. The average molecular weight is 342 g/mol. The van der Waals surface area contributed by atoms with E-state index in [1.807, 2.05) is 51.1 Å². The van der Waals surface area contributed by atoms with Crippen LogP contribution in [-0.2, 0) is 9.53 Å². The van der Waals surface area contributed by atoms with Gasteiger partial charge in [-0.05, 0) is 44.5 Å². The number of amides is 1. The van der Waals surface area contributed by atoms with E-state index in [4.69, 9.17) is 9.47 Å². The van der Waals surface area contributed by atoms with Gasteiger partial charge in [0.2, 0.25) is 5.91 Å². The molecule has 0 aliphatic rings. The molecule has 0 bridgehead atoms. The van der Waals surface area contributed by atoms with Crippen molar-refractivity contribution in [2.75, 3.05) is 37.0 Å². The van der Waals surface area contributed by atoms with Gasteiger partial charge in [-0.2, -0.15) is 0 Å². The van der Waals surface area contributed by atoms with Gasteiger partial charge in [0.1, 0.15) is 12.4 Å². The lowest BCUT2D eigenvalue weighted by molar-refractivity contribution is -0.114. The maximum Gasteiger partial charge on any atom is 0.243 e. The summed E-state index contributed by atoms with van der Waals surface area (Å²) in [6.45, 7) is 7.93. The van der Waals surface area contributed by atoms with E-state index in [2.05, 4.69) is 16.7 Å². The smallest absolute Gasteiger partial charge is 0.243 e. The maximum absolute atomic E-state index is 12.1. The molecule has 0 aliphatic carbocycles. The highest BCUT2D eigenvalue weighted by molar-refractivity contribution is 5.94. The van der Waals surface area contributed by atoms with E-state index >= 15 is 0 Å². The van der Waals surface area contributed by atoms with Gasteiger partial charge in [-0.15, -0.1) is 0 Å². The minimum absolute atomic E-state index is 0.105. The van der Waals surface area contributed by atoms with Crippen LogP contribution in [-0.4, -0.2) is 32.3 Å². The summed E-state index contributed by atoms with van der Waals surface area (Å²) in [5, 5.41) is 6.04. The van der Waals surface area contributed by atoms with Crippen molar-refractivity contribution in [3.05, 3.63) is 53.6 Å². The quantitative estimate of drug-likeness (QED) is 0.681. The molecule has 2 aromatic rings. The summed E-state index contributed by atoms with van der Waals surface area (Å²) in [5.74, 6) is 0.603. The van der Waals surface area contributed by atoms with Gasteiger partial charge in [0, 0.05) is 24.0 Å². The Morgan fingerprint density at radius 2 is 1.92 bits per heavy atom. The first kappa shape index (κ1) is 18.8. The number of rotatable bonds is 9. The number of ether oxygens (including phenoxy) is 2. The molecular formula is C20H26N2O3. The van der Waals surface area contributed by atoms with E-state index in [9.17, 15) is 4.79 Å². The van der Waals surface area contributed by atoms with Gasteiger partial charge in [-0.1, -0.05) is 23.8 Å². The van der Waals surface area contributed by atoms with Crippen molar-refractivity contribution in [1.29, 1.82) is 0 Å². The molecule has 2 rings (SSSR count). The molecule has 0 unspecified atom stereocenters. The monoisotopic (exact) mass is 342 g/mol. The summed E-state index contributed by atoms with van der Waals surface area (Å²) in [4.78, 5) is 12.1. The molecule has 5 nitrogen and oxygen atoms in total. The molecule has 0 saturated heterocycles. The van der Waals surface area contributed by atoms with Crippen LogP contribution in [0.25, 0.3) is 0 Å². The minimum atomic E-state index is -0.105. The van der Waals surface area contributed by atoms with Crippen LogP contribution >= 0.6 is 0 Å². The highest BCUT2D eigenvalue weighted by Crippen LogP contribution is 2.18. The third kappa shape index (κ3) is 6.47. The number of carbonyl (C=O) groups excluding carboxylic acids is 1. The Balaban J connectivity index is 1.83. The fraction of sp³-hybridized carbons (Fsp3) is 0.350. The lowest BCUT2D eigenvalue weighted by atomic mass is 10.1. The molecule has 0 aliphatic heterocycles. The van der Waals surface area contributed by atoms with Crippen molar-refractivity contribution in [2.24, 2.45) is 0 Å². The first-order valence-electron chi connectivity index (χ1n) is 8.50. The van der Waals surface area contributed by atoms with E-state index in [-0.39, 0.29) is 12.5 Å². The van der Waals surface area contributed by atoms with Gasteiger partial charge in [-0.25, -0.2) is 0 Å². The molecule has 0 radical (unpaired) electrons. The van der Waals surface area contributed by atoms with Crippen LogP contribution < -0.4 is 15.4 Å². The van der Waals surface area contributed by atoms with Gasteiger partial charge < -0.3 is 20.1 Å². The lowest BCUT2D eigenvalue weighted by Gasteiger charge is -2.12. The Hall–Kier alpha value is -2.53. The number of nitrogens with one attached hydrogen (secondary N) is 2. The molecule has 0 aromatic heterocycles. The minimum Gasteiger partial charge on any atom is -0.491 e. The van der Waals surface area contributed by atoms with E-state index in [0.29, 0.717) is 31.3 Å². The molecule has 0 atom stereocenters. The number of carbonyl (C=O) groups is 1. The second-order valence-electron chi connectivity index (χ2n) is 5.79. The lowest BCUT2D eigenvalue weighted by Crippen LogP contribution is -2.22. The average Bonchev–Trinajstić information content (AvgIpc) is 2.58. The first-order chi connectivity index (χ1) is 12.1. The van der Waals surface area contributed by atoms with Crippen LogP contribution in [0.1, 0.15) is 18.1 Å². The summed E-state index contributed by atoms with van der Waals surface area (Å²) >= 11 is 0. The molecular weight excluding hydrogens is 316 g/mol. The zero-order valence-electron chi connectivity index (χ0n) is 15.1. The highest BCUT2D eigenvalue weighted by Gasteiger charge is 2.05. The van der Waals surface area contributed by atoms with Crippen molar-refractivity contribution in [1.82, 2.24) is 0 Å². The maximum atomic E-state index is 12.1. The number of aryl methyl sites for hydroxylation is 2. The van der Waals surface area contributed by atoms with Crippen molar-refractivity contribution >= 4 is 17.3 Å². The summed E-state index contributed by atoms with van der Waals surface area (Å²) in [7, 11) is 0. The molecule has 0 spiro atoms. The van der Waals surface area contributed by atoms with Crippen LogP contribution in [0.2, 0.25) is 0 Å². The van der Waals surface area contributed by atoms with Crippen LogP contribution in [0.4, 0.5) is 11.4 Å². The van der Waals surface area contributed by atoms with Crippen molar-refractivity contribution in [3.63, 3.8) is 0 Å². The van der Waals surface area contributed by atoms with Gasteiger partial charge in [0.25, 0.3) is 0 Å². The molecule has 0 heterocycles. The van der Waals surface area contributed by atoms with Crippen LogP contribution in [0.5, 0.6) is 5.75 Å². The first-order valence-corrected chi connectivity index (χ1v) is 8.50. The molecule has 134 valence electrons. The summed E-state index contributed by atoms with van der Waals surface area (Å²) in [6, 6.07) is 13.5. The van der Waals surface area contributed by atoms with Crippen molar-refractivity contribution < 1.29 is 14.3 Å². The zero-order valence-corrected chi connectivity index (χ0v) is 15.1. The van der Waals surface area contributed by atoms with Crippen LogP contribution in [0.3, 0.4) is 0 Å².